The van der Waals surface area contributed by atoms with Gasteiger partial charge in [-0.05, 0) is 40.2 Å². The molecule has 0 bridgehead atoms. The van der Waals surface area contributed by atoms with Gasteiger partial charge in [-0.1, -0.05) is 6.92 Å². The van der Waals surface area contributed by atoms with E-state index >= 15 is 0 Å². The highest BCUT2D eigenvalue weighted by atomic mass is 16.5. The predicted molar refractivity (Wildman–Crippen MR) is 79.8 cm³/mol. The van der Waals surface area contributed by atoms with Crippen molar-refractivity contribution in [1.29, 1.82) is 0 Å². The number of rotatable bonds is 7. The molecule has 1 fully saturated rings. The molecule has 0 saturated carbocycles. The fraction of sp³-hybridized carbons (Fsp3) is 0.933. The molecule has 0 amide bonds. The highest BCUT2D eigenvalue weighted by Crippen LogP contribution is 2.16. The zero-order valence-corrected chi connectivity index (χ0v) is 13.6. The molecule has 5 heteroatoms. The summed E-state index contributed by atoms with van der Waals surface area (Å²) < 4.78 is 10.7. The van der Waals surface area contributed by atoms with Gasteiger partial charge in [-0.3, -0.25) is 9.69 Å². The van der Waals surface area contributed by atoms with Crippen molar-refractivity contribution in [2.24, 2.45) is 0 Å². The van der Waals surface area contributed by atoms with Crippen molar-refractivity contribution in [2.75, 3.05) is 33.3 Å². The Bertz CT molecular complexity index is 301. The molecule has 1 unspecified atom stereocenters. The summed E-state index contributed by atoms with van der Waals surface area (Å²) in [6.45, 7) is 11.8. The van der Waals surface area contributed by atoms with Crippen LogP contribution < -0.4 is 5.32 Å². The van der Waals surface area contributed by atoms with Gasteiger partial charge in [-0.25, -0.2) is 0 Å². The number of hydrogen-bond donors (Lipinski definition) is 1. The van der Waals surface area contributed by atoms with Crippen LogP contribution in [0, 0.1) is 0 Å². The van der Waals surface area contributed by atoms with Gasteiger partial charge >= 0.3 is 5.97 Å². The molecule has 0 radical (unpaired) electrons. The molecule has 1 aliphatic rings. The van der Waals surface area contributed by atoms with Gasteiger partial charge in [0.1, 0.15) is 5.54 Å². The molecule has 0 aromatic rings. The molecular weight excluding hydrogens is 256 g/mol. The highest BCUT2D eigenvalue weighted by molar-refractivity contribution is 5.80. The zero-order valence-electron chi connectivity index (χ0n) is 13.6. The Hall–Kier alpha value is -0.650. The van der Waals surface area contributed by atoms with Crippen molar-refractivity contribution in [3.63, 3.8) is 0 Å². The molecule has 118 valence electrons. The summed E-state index contributed by atoms with van der Waals surface area (Å²) >= 11 is 0. The molecule has 1 rings (SSSR count). The molecule has 20 heavy (non-hydrogen) atoms. The Morgan fingerprint density at radius 3 is 2.50 bits per heavy atom. The van der Waals surface area contributed by atoms with Gasteiger partial charge in [0, 0.05) is 19.6 Å². The minimum atomic E-state index is -0.602. The fourth-order valence-electron chi connectivity index (χ4n) is 2.74. The number of methoxy groups -OCH3 is 1. The summed E-state index contributed by atoms with van der Waals surface area (Å²) in [4.78, 5) is 14.4. The lowest BCUT2D eigenvalue weighted by atomic mass is 9.97. The van der Waals surface area contributed by atoms with E-state index in [0.717, 1.165) is 39.0 Å². The van der Waals surface area contributed by atoms with Crippen LogP contribution in [0.4, 0.5) is 0 Å². The topological polar surface area (TPSA) is 50.8 Å². The van der Waals surface area contributed by atoms with Crippen LogP contribution in [0.3, 0.4) is 0 Å². The number of nitrogens with zero attached hydrogens (tertiary/aromatic N) is 1. The van der Waals surface area contributed by atoms with E-state index in [1.807, 2.05) is 6.92 Å². The van der Waals surface area contributed by atoms with Gasteiger partial charge in [0.15, 0.2) is 0 Å². The lowest BCUT2D eigenvalue weighted by Gasteiger charge is -2.37. The van der Waals surface area contributed by atoms with E-state index in [-0.39, 0.29) is 18.2 Å². The lowest BCUT2D eigenvalue weighted by molar-refractivity contribution is -0.148. The quantitative estimate of drug-likeness (QED) is 0.717. The zero-order chi connectivity index (χ0) is 15.2. The minimum Gasteiger partial charge on any atom is -0.468 e. The van der Waals surface area contributed by atoms with Gasteiger partial charge in [0.05, 0.1) is 19.3 Å². The summed E-state index contributed by atoms with van der Waals surface area (Å²) in [5.74, 6) is -0.180. The van der Waals surface area contributed by atoms with Crippen molar-refractivity contribution in [2.45, 2.75) is 58.3 Å². The third-order valence-electron chi connectivity index (χ3n) is 3.82. The Morgan fingerprint density at radius 1 is 1.40 bits per heavy atom. The molecular formula is C15H30N2O3. The first kappa shape index (κ1) is 17.4. The summed E-state index contributed by atoms with van der Waals surface area (Å²) in [5, 5.41) is 3.33. The molecule has 1 saturated heterocycles. The number of carbonyl (C=O) groups excluding carboxylic acids is 1. The van der Waals surface area contributed by atoms with E-state index < -0.39 is 5.54 Å². The second kappa shape index (κ2) is 7.96. The highest BCUT2D eigenvalue weighted by Gasteiger charge is 2.34. The van der Waals surface area contributed by atoms with E-state index in [0.29, 0.717) is 0 Å². The van der Waals surface area contributed by atoms with Crippen LogP contribution >= 0.6 is 0 Å². The molecule has 1 aliphatic heterocycles. The van der Waals surface area contributed by atoms with Gasteiger partial charge in [-0.2, -0.15) is 0 Å². The summed E-state index contributed by atoms with van der Waals surface area (Å²) in [7, 11) is 1.45. The van der Waals surface area contributed by atoms with Crippen LogP contribution in [0.5, 0.6) is 0 Å². The lowest BCUT2D eigenvalue weighted by Crippen LogP contribution is -2.54. The van der Waals surface area contributed by atoms with Gasteiger partial charge in [0.25, 0.3) is 0 Å². The van der Waals surface area contributed by atoms with E-state index in [9.17, 15) is 4.79 Å². The molecule has 0 aliphatic carbocycles. The summed E-state index contributed by atoms with van der Waals surface area (Å²) in [6.07, 6.45) is 2.26. The van der Waals surface area contributed by atoms with Gasteiger partial charge in [0.2, 0.25) is 0 Å². The maximum absolute atomic E-state index is 12.0. The number of nitrogens with one attached hydrogen (secondary N) is 1. The molecule has 1 N–H and O–H groups in total. The molecule has 3 atom stereocenters. The maximum atomic E-state index is 12.0. The van der Waals surface area contributed by atoms with Gasteiger partial charge < -0.3 is 14.8 Å². The first-order chi connectivity index (χ1) is 9.41. The molecule has 0 aromatic heterocycles. The van der Waals surface area contributed by atoms with Crippen LogP contribution in [-0.2, 0) is 14.3 Å². The fourth-order valence-corrected chi connectivity index (χ4v) is 2.74. The van der Waals surface area contributed by atoms with Crippen LogP contribution in [0.15, 0.2) is 0 Å². The molecule has 1 heterocycles. The number of carbonyl (C=O) groups is 1. The monoisotopic (exact) mass is 286 g/mol. The van der Waals surface area contributed by atoms with E-state index in [2.05, 4.69) is 31.0 Å². The number of hydrogen-bond acceptors (Lipinski definition) is 5. The Kier molecular flexibility index (Phi) is 6.92. The van der Waals surface area contributed by atoms with Gasteiger partial charge in [-0.15, -0.1) is 0 Å². The first-order valence-corrected chi connectivity index (χ1v) is 7.62. The average Bonchev–Trinajstić information content (AvgIpc) is 2.41. The number of ether oxygens (including phenoxy) is 2. The second-order valence-corrected chi connectivity index (χ2v) is 6.02. The summed E-state index contributed by atoms with van der Waals surface area (Å²) in [6, 6.07) is 0. The number of esters is 1. The second-order valence-electron chi connectivity index (χ2n) is 6.02. The Morgan fingerprint density at radius 2 is 2.00 bits per heavy atom. The Labute approximate surface area is 123 Å². The maximum Gasteiger partial charge on any atom is 0.325 e. The SMILES string of the molecule is CCCNC(C)(CCN1C[C@@H](C)O[C@@H](C)C1)C(=O)OC. The van der Waals surface area contributed by atoms with Crippen molar-refractivity contribution in [3.05, 3.63) is 0 Å². The normalized spacial score (nSPS) is 27.1. The van der Waals surface area contributed by atoms with Crippen LogP contribution in [-0.4, -0.2) is 61.9 Å². The Balaban J connectivity index is 2.55. The minimum absolute atomic E-state index is 0.180. The van der Waals surface area contributed by atoms with E-state index in [4.69, 9.17) is 9.47 Å². The van der Waals surface area contributed by atoms with Crippen LogP contribution in [0.1, 0.15) is 40.5 Å². The van der Waals surface area contributed by atoms with Crippen LogP contribution in [0.25, 0.3) is 0 Å². The van der Waals surface area contributed by atoms with E-state index in [1.54, 1.807) is 0 Å². The van der Waals surface area contributed by atoms with Crippen molar-refractivity contribution in [3.8, 4) is 0 Å². The predicted octanol–water partition coefficient (Wildman–Crippen LogP) is 1.42. The number of morpholine rings is 1. The standard InChI is InChI=1S/C15H30N2O3/c1-6-8-16-15(4,14(18)19-5)7-9-17-10-12(2)20-13(3)11-17/h12-13,16H,6-11H2,1-5H3/t12-,13+,15?. The third-order valence-corrected chi connectivity index (χ3v) is 3.82. The van der Waals surface area contributed by atoms with Crippen molar-refractivity contribution in [1.82, 2.24) is 10.2 Å². The molecule has 0 aromatic carbocycles. The smallest absolute Gasteiger partial charge is 0.325 e. The van der Waals surface area contributed by atoms with E-state index in [1.165, 1.54) is 7.11 Å². The largest absolute Gasteiger partial charge is 0.468 e. The first-order valence-electron chi connectivity index (χ1n) is 7.62. The van der Waals surface area contributed by atoms with Crippen LogP contribution in [0.2, 0.25) is 0 Å². The summed E-state index contributed by atoms with van der Waals surface area (Å²) in [5.41, 5.74) is -0.602. The molecule has 5 nitrogen and oxygen atoms in total. The van der Waals surface area contributed by atoms with Crippen molar-refractivity contribution < 1.29 is 14.3 Å². The molecule has 0 spiro atoms. The van der Waals surface area contributed by atoms with Crippen molar-refractivity contribution >= 4 is 5.97 Å². The average molecular weight is 286 g/mol. The third kappa shape index (κ3) is 5.04.